The third-order valence-corrected chi connectivity index (χ3v) is 4.55. The van der Waals surface area contributed by atoms with Gasteiger partial charge in [0.05, 0.1) is 11.9 Å². The van der Waals surface area contributed by atoms with Crippen molar-refractivity contribution in [2.45, 2.75) is 26.8 Å². The zero-order chi connectivity index (χ0) is 17.1. The predicted octanol–water partition coefficient (Wildman–Crippen LogP) is 1.60. The molecule has 7 nitrogen and oxygen atoms in total. The molecule has 22 heavy (non-hydrogen) atoms. The Balaban J connectivity index is 3.05. The number of carboxylic acids is 1. The van der Waals surface area contributed by atoms with E-state index in [2.05, 4.69) is 15.3 Å². The van der Waals surface area contributed by atoms with Crippen LogP contribution in [0, 0.1) is 11.2 Å². The van der Waals surface area contributed by atoms with E-state index in [1.165, 1.54) is 0 Å². The maximum atomic E-state index is 13.7. The molecule has 124 valence electrons. The Bertz CT molecular complexity index is 661. The number of sulfone groups is 1. The van der Waals surface area contributed by atoms with Gasteiger partial charge in [-0.25, -0.2) is 17.8 Å². The van der Waals surface area contributed by atoms with Crippen LogP contribution < -0.4 is 5.32 Å². The molecule has 1 heterocycles. The first-order valence-corrected chi connectivity index (χ1v) is 8.47. The molecule has 0 bridgehead atoms. The molecule has 0 spiro atoms. The Labute approximate surface area is 132 Å². The van der Waals surface area contributed by atoms with Crippen molar-refractivity contribution in [3.63, 3.8) is 0 Å². The van der Waals surface area contributed by atoms with Gasteiger partial charge in [0.2, 0.25) is 5.28 Å². The molecule has 0 aliphatic rings. The van der Waals surface area contributed by atoms with Crippen LogP contribution in [0.1, 0.15) is 20.8 Å². The number of carboxylic acid groups (broad SMARTS) is 1. The fourth-order valence-electron chi connectivity index (χ4n) is 1.62. The van der Waals surface area contributed by atoms with Gasteiger partial charge in [-0.3, -0.25) is 4.79 Å². The van der Waals surface area contributed by atoms with Crippen molar-refractivity contribution in [2.75, 3.05) is 16.8 Å². The van der Waals surface area contributed by atoms with Crippen LogP contribution in [0.25, 0.3) is 0 Å². The zero-order valence-electron chi connectivity index (χ0n) is 12.3. The van der Waals surface area contributed by atoms with Crippen molar-refractivity contribution in [3.05, 3.63) is 17.3 Å². The SMILES string of the molecule is CC(C)(C)C(CS(=O)(=O)CC(=O)O)Nc1nc(Cl)ncc1F. The Hall–Kier alpha value is -1.48. The summed E-state index contributed by atoms with van der Waals surface area (Å²) >= 11 is 5.59. The van der Waals surface area contributed by atoms with Gasteiger partial charge >= 0.3 is 5.97 Å². The largest absolute Gasteiger partial charge is 0.480 e. The van der Waals surface area contributed by atoms with E-state index in [1.807, 2.05) is 0 Å². The smallest absolute Gasteiger partial charge is 0.318 e. The molecule has 1 atom stereocenters. The molecule has 1 aromatic rings. The molecular weight excluding hydrogens is 337 g/mol. The van der Waals surface area contributed by atoms with Crippen molar-refractivity contribution in [1.29, 1.82) is 0 Å². The van der Waals surface area contributed by atoms with Crippen LogP contribution in [0.2, 0.25) is 5.28 Å². The lowest BCUT2D eigenvalue weighted by Gasteiger charge is -2.31. The number of anilines is 1. The standard InChI is InChI=1S/C12H17ClFN3O4S/c1-12(2,3)8(5-22(20,21)6-9(18)19)16-10-7(14)4-15-11(13)17-10/h4,8H,5-6H2,1-3H3,(H,18,19)(H,15,16,17). The highest BCUT2D eigenvalue weighted by Gasteiger charge is 2.31. The van der Waals surface area contributed by atoms with Crippen molar-refractivity contribution >= 4 is 33.2 Å². The monoisotopic (exact) mass is 353 g/mol. The molecule has 0 saturated carbocycles. The van der Waals surface area contributed by atoms with Crippen molar-refractivity contribution in [3.8, 4) is 0 Å². The van der Waals surface area contributed by atoms with Gasteiger partial charge in [0.25, 0.3) is 0 Å². The van der Waals surface area contributed by atoms with Crippen LogP contribution in [-0.4, -0.2) is 47.0 Å². The summed E-state index contributed by atoms with van der Waals surface area (Å²) in [6, 6.07) is -0.766. The maximum absolute atomic E-state index is 13.7. The van der Waals surface area contributed by atoms with E-state index in [9.17, 15) is 17.6 Å². The van der Waals surface area contributed by atoms with Crippen LogP contribution in [-0.2, 0) is 14.6 Å². The molecule has 0 aromatic carbocycles. The summed E-state index contributed by atoms with van der Waals surface area (Å²) in [5.74, 6) is -3.93. The van der Waals surface area contributed by atoms with Gasteiger partial charge < -0.3 is 10.4 Å². The summed E-state index contributed by atoms with van der Waals surface area (Å²) in [7, 11) is -3.87. The minimum Gasteiger partial charge on any atom is -0.480 e. The van der Waals surface area contributed by atoms with E-state index in [4.69, 9.17) is 16.7 Å². The van der Waals surface area contributed by atoms with Gasteiger partial charge in [-0.05, 0) is 17.0 Å². The minimum absolute atomic E-state index is 0.190. The minimum atomic E-state index is -3.87. The number of aliphatic carboxylic acids is 1. The second kappa shape index (κ2) is 6.74. The highest BCUT2D eigenvalue weighted by Crippen LogP contribution is 2.25. The summed E-state index contributed by atoms with van der Waals surface area (Å²) in [4.78, 5) is 17.7. The normalized spacial score (nSPS) is 13.7. The van der Waals surface area contributed by atoms with Crippen molar-refractivity contribution < 1.29 is 22.7 Å². The van der Waals surface area contributed by atoms with Gasteiger partial charge in [0.15, 0.2) is 21.5 Å². The fourth-order valence-corrected chi connectivity index (χ4v) is 3.34. The molecule has 0 aliphatic heterocycles. The molecule has 0 amide bonds. The first-order valence-electron chi connectivity index (χ1n) is 6.27. The van der Waals surface area contributed by atoms with Gasteiger partial charge in [0.1, 0.15) is 5.75 Å². The summed E-state index contributed by atoms with van der Waals surface area (Å²) in [5, 5.41) is 11.1. The summed E-state index contributed by atoms with van der Waals surface area (Å²) in [6.45, 7) is 5.21. The topological polar surface area (TPSA) is 109 Å². The zero-order valence-corrected chi connectivity index (χ0v) is 13.9. The van der Waals surface area contributed by atoms with Gasteiger partial charge in [0, 0.05) is 6.04 Å². The quantitative estimate of drug-likeness (QED) is 0.747. The summed E-state index contributed by atoms with van der Waals surface area (Å²) < 4.78 is 37.4. The van der Waals surface area contributed by atoms with E-state index >= 15 is 0 Å². The van der Waals surface area contributed by atoms with E-state index in [1.54, 1.807) is 20.8 Å². The summed E-state index contributed by atoms with van der Waals surface area (Å²) in [5.41, 5.74) is -0.602. The molecule has 0 saturated heterocycles. The van der Waals surface area contributed by atoms with E-state index in [-0.39, 0.29) is 11.1 Å². The fraction of sp³-hybridized carbons (Fsp3) is 0.583. The number of rotatable bonds is 6. The van der Waals surface area contributed by atoms with Crippen LogP contribution in [0.4, 0.5) is 10.2 Å². The Kier molecular flexibility index (Phi) is 5.69. The second-order valence-corrected chi connectivity index (χ2v) is 8.29. The number of carbonyl (C=O) groups is 1. The molecule has 2 N–H and O–H groups in total. The number of hydrogen-bond acceptors (Lipinski definition) is 6. The maximum Gasteiger partial charge on any atom is 0.318 e. The van der Waals surface area contributed by atoms with Crippen molar-refractivity contribution in [2.24, 2.45) is 5.41 Å². The number of aromatic nitrogens is 2. The van der Waals surface area contributed by atoms with E-state index in [0.717, 1.165) is 6.20 Å². The van der Waals surface area contributed by atoms with Crippen LogP contribution in [0.3, 0.4) is 0 Å². The lowest BCUT2D eigenvalue weighted by Crippen LogP contribution is -2.41. The highest BCUT2D eigenvalue weighted by atomic mass is 35.5. The average molecular weight is 354 g/mol. The molecular formula is C12H17ClFN3O4S. The number of halogens is 2. The van der Waals surface area contributed by atoms with Crippen molar-refractivity contribution in [1.82, 2.24) is 9.97 Å². The van der Waals surface area contributed by atoms with Crippen LogP contribution >= 0.6 is 11.6 Å². The van der Waals surface area contributed by atoms with E-state index < -0.39 is 44.6 Å². The van der Waals surface area contributed by atoms with Gasteiger partial charge in [-0.2, -0.15) is 4.98 Å². The Morgan fingerprint density at radius 3 is 2.59 bits per heavy atom. The Morgan fingerprint density at radius 1 is 1.50 bits per heavy atom. The van der Waals surface area contributed by atoms with Crippen LogP contribution in [0.15, 0.2) is 6.20 Å². The number of hydrogen-bond donors (Lipinski definition) is 2. The lowest BCUT2D eigenvalue weighted by atomic mass is 9.88. The molecule has 0 fully saturated rings. The summed E-state index contributed by atoms with van der Waals surface area (Å²) in [6.07, 6.45) is 0.864. The lowest BCUT2D eigenvalue weighted by molar-refractivity contribution is -0.134. The van der Waals surface area contributed by atoms with E-state index in [0.29, 0.717) is 0 Å². The molecule has 0 aliphatic carbocycles. The second-order valence-electron chi connectivity index (χ2n) is 5.85. The van der Waals surface area contributed by atoms with Gasteiger partial charge in [-0.15, -0.1) is 0 Å². The van der Waals surface area contributed by atoms with Crippen LogP contribution in [0.5, 0.6) is 0 Å². The molecule has 10 heteroatoms. The molecule has 0 radical (unpaired) electrons. The number of nitrogens with zero attached hydrogens (tertiary/aromatic N) is 2. The molecule has 1 aromatic heterocycles. The third-order valence-electron chi connectivity index (χ3n) is 2.84. The third kappa shape index (κ3) is 5.72. The average Bonchev–Trinajstić information content (AvgIpc) is 2.29. The highest BCUT2D eigenvalue weighted by molar-refractivity contribution is 7.92. The van der Waals surface area contributed by atoms with Gasteiger partial charge in [-0.1, -0.05) is 20.8 Å². The molecule has 1 unspecified atom stereocenters. The predicted molar refractivity (Wildman–Crippen MR) is 80.2 cm³/mol. The first-order chi connectivity index (χ1) is 9.90. The first kappa shape index (κ1) is 18.6. The number of nitrogens with one attached hydrogen (secondary N) is 1. The Morgan fingerprint density at radius 2 is 2.09 bits per heavy atom. The molecule has 1 rings (SSSR count).